The summed E-state index contributed by atoms with van der Waals surface area (Å²) in [5.41, 5.74) is 1.69. The fourth-order valence-electron chi connectivity index (χ4n) is 3.36. The maximum absolute atomic E-state index is 13.2. The number of hydrogen-bond donors (Lipinski definition) is 1. The number of carbonyl (C=O) groups excluding carboxylic acids is 2. The highest BCUT2D eigenvalue weighted by Gasteiger charge is 2.27. The van der Waals surface area contributed by atoms with Crippen LogP contribution in [0.15, 0.2) is 36.4 Å². The van der Waals surface area contributed by atoms with Crippen molar-refractivity contribution in [1.29, 1.82) is 0 Å². The van der Waals surface area contributed by atoms with Crippen LogP contribution in [-0.4, -0.2) is 36.1 Å². The molecule has 6 nitrogen and oxygen atoms in total. The van der Waals surface area contributed by atoms with Gasteiger partial charge in [0, 0.05) is 29.6 Å². The number of ether oxygens (including phenoxy) is 2. The van der Waals surface area contributed by atoms with Crippen LogP contribution in [0.1, 0.15) is 38.3 Å². The van der Waals surface area contributed by atoms with Gasteiger partial charge in [-0.2, -0.15) is 0 Å². The lowest BCUT2D eigenvalue weighted by molar-refractivity contribution is -0.140. The van der Waals surface area contributed by atoms with Crippen molar-refractivity contribution in [3.63, 3.8) is 0 Å². The van der Waals surface area contributed by atoms with Crippen LogP contribution in [0.25, 0.3) is 0 Å². The Bertz CT molecular complexity index is 980. The lowest BCUT2D eigenvalue weighted by Gasteiger charge is -2.29. The molecule has 2 aromatic carbocycles. The van der Waals surface area contributed by atoms with E-state index >= 15 is 0 Å². The Labute approximate surface area is 198 Å². The minimum atomic E-state index is -0.648. The number of halogens is 2. The van der Waals surface area contributed by atoms with Crippen LogP contribution in [0.4, 0.5) is 0 Å². The Balaban J connectivity index is 1.73. The Hall–Kier alpha value is -2.44. The SMILES string of the molecule is CC(C)CNC(=O)[C@H](C)N(Cc1ccc(Cl)cc1Cl)C(=O)CCc1ccc2c(c1)OCO2. The molecule has 32 heavy (non-hydrogen) atoms. The fourth-order valence-corrected chi connectivity index (χ4v) is 3.83. The molecule has 2 amide bonds. The van der Waals surface area contributed by atoms with Gasteiger partial charge in [0.25, 0.3) is 0 Å². The average Bonchev–Trinajstić information content (AvgIpc) is 3.22. The van der Waals surface area contributed by atoms with E-state index in [9.17, 15) is 9.59 Å². The molecule has 8 heteroatoms. The van der Waals surface area contributed by atoms with E-state index in [0.717, 1.165) is 11.1 Å². The minimum Gasteiger partial charge on any atom is -0.454 e. The highest BCUT2D eigenvalue weighted by Crippen LogP contribution is 2.33. The normalized spacial score (nSPS) is 13.2. The van der Waals surface area contributed by atoms with E-state index in [2.05, 4.69) is 5.32 Å². The molecule has 1 atom stereocenters. The number of aryl methyl sites for hydroxylation is 1. The first kappa shape index (κ1) is 24.2. The summed E-state index contributed by atoms with van der Waals surface area (Å²) < 4.78 is 10.8. The largest absolute Gasteiger partial charge is 0.454 e. The molecule has 1 aliphatic heterocycles. The molecule has 2 aromatic rings. The summed E-state index contributed by atoms with van der Waals surface area (Å²) in [5.74, 6) is 1.36. The summed E-state index contributed by atoms with van der Waals surface area (Å²) in [7, 11) is 0. The van der Waals surface area contributed by atoms with Gasteiger partial charge in [-0.1, -0.05) is 49.2 Å². The molecule has 3 rings (SSSR count). The molecule has 0 spiro atoms. The molecule has 0 bridgehead atoms. The van der Waals surface area contributed by atoms with Gasteiger partial charge in [-0.05, 0) is 54.7 Å². The quantitative estimate of drug-likeness (QED) is 0.559. The third kappa shape index (κ3) is 6.30. The summed E-state index contributed by atoms with van der Waals surface area (Å²) in [6, 6.07) is 10.1. The monoisotopic (exact) mass is 478 g/mol. The number of carbonyl (C=O) groups is 2. The standard InChI is InChI=1S/C24H28Cl2N2O4/c1-15(2)12-27-24(30)16(3)28(13-18-6-7-19(25)11-20(18)26)23(29)9-5-17-4-8-21-22(10-17)32-14-31-21/h4,6-8,10-11,15-16H,5,9,12-14H2,1-3H3,(H,27,30)/t16-/m0/s1. The minimum absolute atomic E-state index is 0.138. The lowest BCUT2D eigenvalue weighted by Crippen LogP contribution is -2.48. The zero-order valence-electron chi connectivity index (χ0n) is 18.5. The molecule has 0 saturated carbocycles. The molecule has 0 aliphatic carbocycles. The van der Waals surface area contributed by atoms with Crippen molar-refractivity contribution in [1.82, 2.24) is 10.2 Å². The predicted octanol–water partition coefficient (Wildman–Crippen LogP) is 4.84. The van der Waals surface area contributed by atoms with Gasteiger partial charge in [-0.15, -0.1) is 0 Å². The van der Waals surface area contributed by atoms with E-state index in [-0.39, 0.29) is 31.6 Å². The van der Waals surface area contributed by atoms with Gasteiger partial charge in [-0.3, -0.25) is 9.59 Å². The maximum atomic E-state index is 13.2. The number of fused-ring (bicyclic) bond motifs is 1. The molecule has 0 saturated heterocycles. The summed E-state index contributed by atoms with van der Waals surface area (Å²) >= 11 is 12.4. The zero-order chi connectivity index (χ0) is 23.3. The number of nitrogens with one attached hydrogen (secondary N) is 1. The van der Waals surface area contributed by atoms with Crippen LogP contribution < -0.4 is 14.8 Å². The van der Waals surface area contributed by atoms with E-state index in [1.54, 1.807) is 30.0 Å². The van der Waals surface area contributed by atoms with E-state index in [0.29, 0.717) is 40.4 Å². The van der Waals surface area contributed by atoms with Crippen LogP contribution in [0, 0.1) is 5.92 Å². The first-order chi connectivity index (χ1) is 15.2. The topological polar surface area (TPSA) is 67.9 Å². The van der Waals surface area contributed by atoms with Crippen molar-refractivity contribution < 1.29 is 19.1 Å². The number of amides is 2. The number of nitrogens with zero attached hydrogens (tertiary/aromatic N) is 1. The van der Waals surface area contributed by atoms with Gasteiger partial charge in [0.05, 0.1) is 0 Å². The van der Waals surface area contributed by atoms with Gasteiger partial charge in [0.2, 0.25) is 18.6 Å². The number of hydrogen-bond acceptors (Lipinski definition) is 4. The Kier molecular flexibility index (Phi) is 8.26. The highest BCUT2D eigenvalue weighted by atomic mass is 35.5. The fraction of sp³-hybridized carbons (Fsp3) is 0.417. The molecular weight excluding hydrogens is 451 g/mol. The Morgan fingerprint density at radius 2 is 1.81 bits per heavy atom. The summed E-state index contributed by atoms with van der Waals surface area (Å²) in [6.45, 7) is 6.74. The second-order valence-electron chi connectivity index (χ2n) is 8.26. The van der Waals surface area contributed by atoms with Crippen LogP contribution in [0.5, 0.6) is 11.5 Å². The van der Waals surface area contributed by atoms with Crippen LogP contribution in [-0.2, 0) is 22.6 Å². The van der Waals surface area contributed by atoms with E-state index in [1.807, 2.05) is 32.0 Å². The lowest BCUT2D eigenvalue weighted by atomic mass is 10.1. The van der Waals surface area contributed by atoms with Crippen molar-refractivity contribution in [2.24, 2.45) is 5.92 Å². The highest BCUT2D eigenvalue weighted by molar-refractivity contribution is 6.35. The van der Waals surface area contributed by atoms with Crippen LogP contribution in [0.2, 0.25) is 10.0 Å². The molecule has 1 aliphatic rings. The zero-order valence-corrected chi connectivity index (χ0v) is 20.0. The molecule has 1 heterocycles. The molecule has 0 radical (unpaired) electrons. The van der Waals surface area contributed by atoms with Crippen molar-refractivity contribution in [3.05, 3.63) is 57.6 Å². The molecule has 1 N–H and O–H groups in total. The molecule has 0 aromatic heterocycles. The van der Waals surface area contributed by atoms with E-state index < -0.39 is 6.04 Å². The van der Waals surface area contributed by atoms with Crippen molar-refractivity contribution in [3.8, 4) is 11.5 Å². The van der Waals surface area contributed by atoms with Gasteiger partial charge >= 0.3 is 0 Å². The molecular formula is C24H28Cl2N2O4. The number of benzene rings is 2. The van der Waals surface area contributed by atoms with Gasteiger partial charge < -0.3 is 19.7 Å². The van der Waals surface area contributed by atoms with E-state index in [1.165, 1.54) is 0 Å². The first-order valence-electron chi connectivity index (χ1n) is 10.6. The average molecular weight is 479 g/mol. The van der Waals surface area contributed by atoms with Gasteiger partial charge in [-0.25, -0.2) is 0 Å². The van der Waals surface area contributed by atoms with Gasteiger partial charge in [0.15, 0.2) is 11.5 Å². The Morgan fingerprint density at radius 1 is 1.06 bits per heavy atom. The maximum Gasteiger partial charge on any atom is 0.242 e. The molecule has 172 valence electrons. The molecule has 0 fully saturated rings. The summed E-state index contributed by atoms with van der Waals surface area (Å²) in [5, 5.41) is 3.89. The summed E-state index contributed by atoms with van der Waals surface area (Å²) in [4.78, 5) is 27.5. The van der Waals surface area contributed by atoms with Crippen molar-refractivity contribution in [2.45, 2.75) is 46.2 Å². The van der Waals surface area contributed by atoms with Gasteiger partial charge in [0.1, 0.15) is 6.04 Å². The Morgan fingerprint density at radius 3 is 2.53 bits per heavy atom. The second kappa shape index (κ2) is 10.9. The number of rotatable bonds is 9. The summed E-state index contributed by atoms with van der Waals surface area (Å²) in [6.07, 6.45) is 0.757. The third-order valence-corrected chi connectivity index (χ3v) is 5.86. The predicted molar refractivity (Wildman–Crippen MR) is 125 cm³/mol. The third-order valence-electron chi connectivity index (χ3n) is 5.27. The van der Waals surface area contributed by atoms with E-state index in [4.69, 9.17) is 32.7 Å². The van der Waals surface area contributed by atoms with Crippen molar-refractivity contribution in [2.75, 3.05) is 13.3 Å². The molecule has 0 unspecified atom stereocenters. The van der Waals surface area contributed by atoms with Crippen LogP contribution >= 0.6 is 23.2 Å². The first-order valence-corrected chi connectivity index (χ1v) is 11.4. The van der Waals surface area contributed by atoms with Crippen molar-refractivity contribution >= 4 is 35.0 Å². The smallest absolute Gasteiger partial charge is 0.242 e. The second-order valence-corrected chi connectivity index (χ2v) is 9.10. The van der Waals surface area contributed by atoms with Crippen LogP contribution in [0.3, 0.4) is 0 Å².